The molecular weight excluding hydrogens is 277 g/mol. The predicted octanol–water partition coefficient (Wildman–Crippen LogP) is 5.87. The van der Waals surface area contributed by atoms with Crippen molar-refractivity contribution in [2.75, 3.05) is 0 Å². The fourth-order valence-electron chi connectivity index (χ4n) is 2.31. The lowest BCUT2D eigenvalue weighted by atomic mass is 10.1. The minimum atomic E-state index is -4.30. The van der Waals surface area contributed by atoms with Crippen LogP contribution in [0.4, 0.5) is 13.2 Å². The summed E-state index contributed by atoms with van der Waals surface area (Å²) in [4.78, 5) is 0. The molecule has 2 aromatic rings. The molecule has 0 N–H and O–H groups in total. The van der Waals surface area contributed by atoms with Crippen molar-refractivity contribution in [2.45, 2.75) is 45.7 Å². The van der Waals surface area contributed by atoms with Gasteiger partial charge in [-0.1, -0.05) is 32.4 Å². The number of unbranched alkanes of at least 4 members (excludes halogenated alkanes) is 1. The van der Waals surface area contributed by atoms with Gasteiger partial charge in [0.25, 0.3) is 0 Å². The molecule has 0 atom stereocenters. The molecule has 1 nitrogen and oxygen atoms in total. The van der Waals surface area contributed by atoms with Crippen LogP contribution in [0.25, 0.3) is 11.3 Å². The molecule has 0 aliphatic carbocycles. The minimum absolute atomic E-state index is 0.639. The zero-order valence-electron chi connectivity index (χ0n) is 12.3. The normalized spacial score (nSPS) is 11.9. The van der Waals surface area contributed by atoms with E-state index in [0.717, 1.165) is 49.1 Å². The average Bonchev–Trinajstić information content (AvgIpc) is 2.87. The second-order valence-electron chi connectivity index (χ2n) is 5.09. The second-order valence-corrected chi connectivity index (χ2v) is 5.09. The molecule has 0 aliphatic rings. The maximum Gasteiger partial charge on any atom is 0.416 e. The maximum atomic E-state index is 12.6. The smallest absolute Gasteiger partial charge is 0.416 e. The molecule has 2 rings (SSSR count). The van der Waals surface area contributed by atoms with E-state index in [1.165, 1.54) is 12.1 Å². The molecule has 21 heavy (non-hydrogen) atoms. The first-order valence-corrected chi connectivity index (χ1v) is 7.25. The Labute approximate surface area is 122 Å². The van der Waals surface area contributed by atoms with E-state index in [4.69, 9.17) is 4.42 Å². The molecule has 1 aromatic carbocycles. The first kappa shape index (κ1) is 15.7. The minimum Gasteiger partial charge on any atom is -0.461 e. The van der Waals surface area contributed by atoms with E-state index in [1.54, 1.807) is 0 Å². The van der Waals surface area contributed by atoms with Gasteiger partial charge in [0.1, 0.15) is 11.5 Å². The monoisotopic (exact) mass is 296 g/mol. The van der Waals surface area contributed by atoms with Crippen molar-refractivity contribution >= 4 is 0 Å². The van der Waals surface area contributed by atoms with Crippen LogP contribution in [0.5, 0.6) is 0 Å². The first-order valence-electron chi connectivity index (χ1n) is 7.25. The third kappa shape index (κ3) is 3.69. The molecule has 114 valence electrons. The maximum absolute atomic E-state index is 12.6. The van der Waals surface area contributed by atoms with Crippen LogP contribution in [0.15, 0.2) is 34.7 Å². The van der Waals surface area contributed by atoms with Gasteiger partial charge in [-0.3, -0.25) is 0 Å². The van der Waals surface area contributed by atoms with E-state index < -0.39 is 11.7 Å². The zero-order chi connectivity index (χ0) is 15.5. The van der Waals surface area contributed by atoms with E-state index in [-0.39, 0.29) is 0 Å². The van der Waals surface area contributed by atoms with Gasteiger partial charge in [0, 0.05) is 12.0 Å². The highest BCUT2D eigenvalue weighted by Gasteiger charge is 2.30. The van der Waals surface area contributed by atoms with Gasteiger partial charge < -0.3 is 4.42 Å². The molecule has 0 bridgehead atoms. The van der Waals surface area contributed by atoms with Crippen LogP contribution < -0.4 is 0 Å². The summed E-state index contributed by atoms with van der Waals surface area (Å²) in [5.74, 6) is 1.57. The highest BCUT2D eigenvalue weighted by molar-refractivity contribution is 5.59. The lowest BCUT2D eigenvalue weighted by molar-refractivity contribution is -0.137. The van der Waals surface area contributed by atoms with Crippen molar-refractivity contribution in [3.63, 3.8) is 0 Å². The van der Waals surface area contributed by atoms with Gasteiger partial charge in [-0.15, -0.1) is 0 Å². The third-order valence-electron chi connectivity index (χ3n) is 3.51. The molecule has 1 heterocycles. The predicted molar refractivity (Wildman–Crippen MR) is 77.1 cm³/mol. The molecule has 4 heteroatoms. The number of furan rings is 1. The number of hydrogen-bond donors (Lipinski definition) is 0. The Balaban J connectivity index is 2.27. The van der Waals surface area contributed by atoms with E-state index >= 15 is 0 Å². The van der Waals surface area contributed by atoms with Crippen LogP contribution in [-0.2, 0) is 19.0 Å². The topological polar surface area (TPSA) is 13.1 Å². The first-order chi connectivity index (χ1) is 9.95. The lowest BCUT2D eigenvalue weighted by Gasteiger charge is -2.06. The summed E-state index contributed by atoms with van der Waals surface area (Å²) in [7, 11) is 0. The van der Waals surface area contributed by atoms with Gasteiger partial charge in [0.05, 0.1) is 5.56 Å². The van der Waals surface area contributed by atoms with Crippen LogP contribution in [0.1, 0.15) is 43.6 Å². The summed E-state index contributed by atoms with van der Waals surface area (Å²) in [6.07, 6.45) is -0.380. The molecule has 1 aromatic heterocycles. The van der Waals surface area contributed by atoms with Gasteiger partial charge in [-0.05, 0) is 36.6 Å². The summed E-state index contributed by atoms with van der Waals surface area (Å²) in [6.45, 7) is 4.15. The SMILES string of the molecule is CCCCc1cc(-c2ccc(C(F)(F)F)cc2)oc1CC. The van der Waals surface area contributed by atoms with Crippen molar-refractivity contribution in [2.24, 2.45) is 0 Å². The molecule has 0 spiro atoms. The number of benzene rings is 1. The van der Waals surface area contributed by atoms with Crippen molar-refractivity contribution in [1.82, 2.24) is 0 Å². The Kier molecular flexibility index (Phi) is 4.76. The summed E-state index contributed by atoms with van der Waals surface area (Å²) in [6, 6.07) is 7.07. The van der Waals surface area contributed by atoms with Gasteiger partial charge in [-0.2, -0.15) is 13.2 Å². The molecule has 0 saturated carbocycles. The number of aryl methyl sites for hydroxylation is 2. The van der Waals surface area contributed by atoms with Crippen molar-refractivity contribution in [3.05, 3.63) is 47.2 Å². The van der Waals surface area contributed by atoms with Crippen molar-refractivity contribution in [3.8, 4) is 11.3 Å². The molecule has 0 saturated heterocycles. The van der Waals surface area contributed by atoms with Crippen LogP contribution in [-0.4, -0.2) is 0 Å². The van der Waals surface area contributed by atoms with Crippen molar-refractivity contribution < 1.29 is 17.6 Å². The van der Waals surface area contributed by atoms with E-state index in [2.05, 4.69) is 6.92 Å². The highest BCUT2D eigenvalue weighted by Crippen LogP contribution is 2.32. The molecule has 0 unspecified atom stereocenters. The Morgan fingerprint density at radius 3 is 2.24 bits per heavy atom. The number of halogens is 3. The fourth-order valence-corrected chi connectivity index (χ4v) is 2.31. The average molecular weight is 296 g/mol. The number of alkyl halides is 3. The van der Waals surface area contributed by atoms with E-state index in [0.29, 0.717) is 11.3 Å². The van der Waals surface area contributed by atoms with Gasteiger partial charge >= 0.3 is 6.18 Å². The number of rotatable bonds is 5. The molecular formula is C17H19F3O. The van der Waals surface area contributed by atoms with E-state index in [9.17, 15) is 13.2 Å². The van der Waals surface area contributed by atoms with Crippen LogP contribution in [0.2, 0.25) is 0 Å². The summed E-state index contributed by atoms with van der Waals surface area (Å²) in [5, 5.41) is 0. The molecule has 0 fully saturated rings. The van der Waals surface area contributed by atoms with Crippen molar-refractivity contribution in [1.29, 1.82) is 0 Å². The Morgan fingerprint density at radius 1 is 1.05 bits per heavy atom. The third-order valence-corrected chi connectivity index (χ3v) is 3.51. The van der Waals surface area contributed by atoms with Gasteiger partial charge in [-0.25, -0.2) is 0 Å². The standard InChI is InChI=1S/C17H19F3O/c1-3-5-6-13-11-16(21-15(13)4-2)12-7-9-14(10-8-12)17(18,19)20/h7-11H,3-6H2,1-2H3. The molecule has 0 radical (unpaired) electrons. The summed E-state index contributed by atoms with van der Waals surface area (Å²) >= 11 is 0. The van der Waals surface area contributed by atoms with Gasteiger partial charge in [0.15, 0.2) is 0 Å². The Morgan fingerprint density at radius 2 is 1.71 bits per heavy atom. The Bertz CT molecular complexity index is 579. The molecule has 0 amide bonds. The Hall–Kier alpha value is -1.71. The summed E-state index contributed by atoms with van der Waals surface area (Å²) in [5.41, 5.74) is 1.20. The zero-order valence-corrected chi connectivity index (χ0v) is 12.3. The van der Waals surface area contributed by atoms with Crippen LogP contribution >= 0.6 is 0 Å². The highest BCUT2D eigenvalue weighted by atomic mass is 19.4. The van der Waals surface area contributed by atoms with Crippen LogP contribution in [0.3, 0.4) is 0 Å². The second kappa shape index (κ2) is 6.37. The van der Waals surface area contributed by atoms with E-state index in [1.807, 2.05) is 13.0 Å². The summed E-state index contributed by atoms with van der Waals surface area (Å²) < 4.78 is 43.5. The van der Waals surface area contributed by atoms with Crippen LogP contribution in [0, 0.1) is 0 Å². The fraction of sp³-hybridized carbons (Fsp3) is 0.412. The largest absolute Gasteiger partial charge is 0.461 e. The number of hydrogen-bond acceptors (Lipinski definition) is 1. The lowest BCUT2D eigenvalue weighted by Crippen LogP contribution is -2.03. The quantitative estimate of drug-likeness (QED) is 0.672. The van der Waals surface area contributed by atoms with Gasteiger partial charge in [0.2, 0.25) is 0 Å². The molecule has 0 aliphatic heterocycles.